The fraction of sp³-hybridized carbons (Fsp3) is 0.235. The number of hydrogen-bond acceptors (Lipinski definition) is 3. The largest absolute Gasteiger partial charge is 0.478 e. The smallest absolute Gasteiger partial charge is 0.335 e. The first kappa shape index (κ1) is 18.1. The number of halogens is 1. The third kappa shape index (κ3) is 4.18. The molecule has 5 nitrogen and oxygen atoms in total. The molecule has 2 aromatic carbocycles. The zero-order chi connectivity index (χ0) is 18.1. The molecule has 2 N–H and O–H groups in total. The topological polar surface area (TPSA) is 83.5 Å². The number of hydrogen-bond donors (Lipinski definition) is 2. The molecule has 0 aliphatic rings. The average Bonchev–Trinajstić information content (AvgIpc) is 2.45. The lowest BCUT2D eigenvalue weighted by molar-refractivity contribution is 0.0697. The van der Waals surface area contributed by atoms with Crippen LogP contribution in [0.1, 0.15) is 31.1 Å². The minimum absolute atomic E-state index is 0.0440. The van der Waals surface area contributed by atoms with Crippen molar-refractivity contribution in [3.63, 3.8) is 0 Å². The summed E-state index contributed by atoms with van der Waals surface area (Å²) in [4.78, 5) is 11.1. The summed E-state index contributed by atoms with van der Waals surface area (Å²) in [5, 5.41) is 9.00. The molecule has 2 aromatic rings. The molecule has 128 valence electrons. The van der Waals surface area contributed by atoms with E-state index in [1.54, 1.807) is 20.8 Å². The van der Waals surface area contributed by atoms with Gasteiger partial charge in [-0.2, -0.15) is 0 Å². The van der Waals surface area contributed by atoms with Gasteiger partial charge in [0.25, 0.3) is 0 Å². The van der Waals surface area contributed by atoms with Gasteiger partial charge in [0, 0.05) is 11.1 Å². The van der Waals surface area contributed by atoms with Gasteiger partial charge in [-0.1, -0.05) is 12.1 Å². The molecule has 0 unspecified atom stereocenters. The highest BCUT2D eigenvalue weighted by molar-refractivity contribution is 7.89. The van der Waals surface area contributed by atoms with Gasteiger partial charge in [0.15, 0.2) is 0 Å². The predicted octanol–water partition coefficient (Wildman–Crippen LogP) is 3.27. The summed E-state index contributed by atoms with van der Waals surface area (Å²) >= 11 is 0. The van der Waals surface area contributed by atoms with Gasteiger partial charge in [-0.3, -0.25) is 0 Å². The van der Waals surface area contributed by atoms with E-state index in [-0.39, 0.29) is 16.0 Å². The number of rotatable bonds is 4. The number of carboxylic acid groups (broad SMARTS) is 1. The van der Waals surface area contributed by atoms with E-state index < -0.39 is 27.3 Å². The SMILES string of the molecule is CC(C)(C)NS(=O)(=O)c1ccc(-c2cc(C(=O)O)ccc2F)cc1. The van der Waals surface area contributed by atoms with Crippen LogP contribution in [0.2, 0.25) is 0 Å². The number of benzene rings is 2. The molecule has 0 aromatic heterocycles. The van der Waals surface area contributed by atoms with Crippen LogP contribution in [0.3, 0.4) is 0 Å². The summed E-state index contributed by atoms with van der Waals surface area (Å²) < 4.78 is 41.0. The first-order valence-electron chi connectivity index (χ1n) is 7.17. The van der Waals surface area contributed by atoms with Crippen molar-refractivity contribution in [3.05, 3.63) is 53.8 Å². The fourth-order valence-corrected chi connectivity index (χ4v) is 3.57. The predicted molar refractivity (Wildman–Crippen MR) is 88.9 cm³/mol. The second-order valence-electron chi connectivity index (χ2n) is 6.38. The second-order valence-corrected chi connectivity index (χ2v) is 8.06. The first-order chi connectivity index (χ1) is 11.0. The van der Waals surface area contributed by atoms with Gasteiger partial charge in [0.1, 0.15) is 5.82 Å². The molecule has 0 saturated heterocycles. The molecule has 0 bridgehead atoms. The normalized spacial score (nSPS) is 12.2. The monoisotopic (exact) mass is 351 g/mol. The minimum Gasteiger partial charge on any atom is -0.478 e. The Bertz CT molecular complexity index is 868. The van der Waals surface area contributed by atoms with Crippen LogP contribution >= 0.6 is 0 Å². The molecule has 0 aliphatic carbocycles. The van der Waals surface area contributed by atoms with Gasteiger partial charge >= 0.3 is 5.97 Å². The molecule has 0 radical (unpaired) electrons. The van der Waals surface area contributed by atoms with Crippen LogP contribution in [0.4, 0.5) is 4.39 Å². The maximum Gasteiger partial charge on any atom is 0.335 e. The Balaban J connectivity index is 2.40. The summed E-state index contributed by atoms with van der Waals surface area (Å²) in [5.41, 5.74) is -0.176. The summed E-state index contributed by atoms with van der Waals surface area (Å²) in [6, 6.07) is 9.07. The van der Waals surface area contributed by atoms with Crippen molar-refractivity contribution in [2.75, 3.05) is 0 Å². The Hall–Kier alpha value is -2.25. The standard InChI is InChI=1S/C17H18FNO4S/c1-17(2,3)19-24(22,23)13-7-4-11(5-8-13)14-10-12(16(20)21)6-9-15(14)18/h4-10,19H,1-3H3,(H,20,21). The second kappa shape index (κ2) is 6.33. The van der Waals surface area contributed by atoms with Crippen molar-refractivity contribution in [2.24, 2.45) is 0 Å². The van der Waals surface area contributed by atoms with Crippen molar-refractivity contribution in [2.45, 2.75) is 31.2 Å². The first-order valence-corrected chi connectivity index (χ1v) is 8.65. The number of carbonyl (C=O) groups is 1. The third-order valence-electron chi connectivity index (χ3n) is 3.13. The van der Waals surface area contributed by atoms with Gasteiger partial charge in [-0.05, 0) is 56.7 Å². The zero-order valence-corrected chi connectivity index (χ0v) is 14.3. The Morgan fingerprint density at radius 2 is 1.67 bits per heavy atom. The van der Waals surface area contributed by atoms with E-state index in [4.69, 9.17) is 5.11 Å². The van der Waals surface area contributed by atoms with Crippen molar-refractivity contribution in [1.82, 2.24) is 4.72 Å². The van der Waals surface area contributed by atoms with E-state index in [0.717, 1.165) is 6.07 Å². The van der Waals surface area contributed by atoms with Gasteiger partial charge in [-0.15, -0.1) is 0 Å². The molecule has 0 spiro atoms. The van der Waals surface area contributed by atoms with Crippen LogP contribution < -0.4 is 4.72 Å². The highest BCUT2D eigenvalue weighted by Gasteiger charge is 2.22. The Labute approximate surface area is 140 Å². The van der Waals surface area contributed by atoms with Crippen molar-refractivity contribution in [3.8, 4) is 11.1 Å². The van der Waals surface area contributed by atoms with E-state index in [9.17, 15) is 17.6 Å². The molecule has 0 amide bonds. The van der Waals surface area contributed by atoms with Crippen LogP contribution in [-0.2, 0) is 10.0 Å². The highest BCUT2D eigenvalue weighted by atomic mass is 32.2. The van der Waals surface area contributed by atoms with Crippen LogP contribution in [-0.4, -0.2) is 25.0 Å². The van der Waals surface area contributed by atoms with Gasteiger partial charge < -0.3 is 5.11 Å². The van der Waals surface area contributed by atoms with Gasteiger partial charge in [0.2, 0.25) is 10.0 Å². The summed E-state index contributed by atoms with van der Waals surface area (Å²) in [6.45, 7) is 5.18. The summed E-state index contributed by atoms with van der Waals surface area (Å²) in [5.74, 6) is -1.74. The van der Waals surface area contributed by atoms with Crippen LogP contribution in [0.15, 0.2) is 47.4 Å². The van der Waals surface area contributed by atoms with Gasteiger partial charge in [0.05, 0.1) is 10.5 Å². The lowest BCUT2D eigenvalue weighted by Gasteiger charge is -2.20. The van der Waals surface area contributed by atoms with E-state index >= 15 is 0 Å². The van der Waals surface area contributed by atoms with E-state index in [0.29, 0.717) is 5.56 Å². The Kier molecular flexibility index (Phi) is 4.77. The maximum atomic E-state index is 14.0. The van der Waals surface area contributed by atoms with E-state index in [2.05, 4.69) is 4.72 Å². The van der Waals surface area contributed by atoms with Crippen molar-refractivity contribution >= 4 is 16.0 Å². The van der Waals surface area contributed by atoms with Gasteiger partial charge in [-0.25, -0.2) is 22.3 Å². The molecule has 24 heavy (non-hydrogen) atoms. The molecule has 2 rings (SSSR count). The lowest BCUT2D eigenvalue weighted by Crippen LogP contribution is -2.40. The number of aromatic carboxylic acids is 1. The van der Waals surface area contributed by atoms with E-state index in [1.165, 1.54) is 36.4 Å². The number of nitrogens with one attached hydrogen (secondary N) is 1. The van der Waals surface area contributed by atoms with Crippen molar-refractivity contribution in [1.29, 1.82) is 0 Å². The maximum absolute atomic E-state index is 14.0. The zero-order valence-electron chi connectivity index (χ0n) is 13.5. The summed E-state index contributed by atoms with van der Waals surface area (Å²) in [6.07, 6.45) is 0. The molecule has 0 aliphatic heterocycles. The third-order valence-corrected chi connectivity index (χ3v) is 4.90. The Morgan fingerprint density at radius 3 is 2.17 bits per heavy atom. The van der Waals surface area contributed by atoms with Crippen molar-refractivity contribution < 1.29 is 22.7 Å². The molecule has 0 heterocycles. The van der Waals surface area contributed by atoms with Crippen LogP contribution in [0, 0.1) is 5.82 Å². The minimum atomic E-state index is -3.69. The molecular weight excluding hydrogens is 333 g/mol. The quantitative estimate of drug-likeness (QED) is 0.885. The fourth-order valence-electron chi connectivity index (χ4n) is 2.16. The van der Waals surface area contributed by atoms with Crippen LogP contribution in [0.5, 0.6) is 0 Å². The number of sulfonamides is 1. The Morgan fingerprint density at radius 1 is 1.08 bits per heavy atom. The summed E-state index contributed by atoms with van der Waals surface area (Å²) in [7, 11) is -3.69. The molecule has 0 atom stereocenters. The lowest BCUT2D eigenvalue weighted by atomic mass is 10.0. The molecule has 7 heteroatoms. The molecule has 0 fully saturated rings. The molecular formula is C17H18FNO4S. The highest BCUT2D eigenvalue weighted by Crippen LogP contribution is 2.25. The molecule has 0 saturated carbocycles. The number of carboxylic acids is 1. The van der Waals surface area contributed by atoms with Crippen LogP contribution in [0.25, 0.3) is 11.1 Å². The van der Waals surface area contributed by atoms with E-state index in [1.807, 2.05) is 0 Å². The average molecular weight is 351 g/mol.